The second-order valence-corrected chi connectivity index (χ2v) is 13.7. The van der Waals surface area contributed by atoms with Gasteiger partial charge in [0.05, 0.1) is 32.3 Å². The van der Waals surface area contributed by atoms with Gasteiger partial charge < -0.3 is 12.3 Å². The Morgan fingerprint density at radius 2 is 1.05 bits per heavy atom. The molecule has 0 amide bonds. The number of rotatable bonds is 1. The number of alkyl halides is 6. The molecule has 1 saturated heterocycles. The Labute approximate surface area is 155 Å². The summed E-state index contributed by atoms with van der Waals surface area (Å²) in [5, 5.41) is -2.62. The Balaban J connectivity index is 0.000000217. The summed E-state index contributed by atoms with van der Waals surface area (Å²) in [5.74, 6) is 0. The predicted octanol–water partition coefficient (Wildman–Crippen LogP) is 1.93. The lowest BCUT2D eigenvalue weighted by molar-refractivity contribution is 0.323. The summed E-state index contributed by atoms with van der Waals surface area (Å²) in [4.78, 5) is 0. The fraction of sp³-hybridized carbons (Fsp3) is 1.00. The third kappa shape index (κ3) is 5.72. The second kappa shape index (κ2) is 10.2. The van der Waals surface area contributed by atoms with Crippen LogP contribution in [0.25, 0.3) is 0 Å². The van der Waals surface area contributed by atoms with Crippen LogP contribution in [-0.4, -0.2) is 61.6 Å². The second-order valence-electron chi connectivity index (χ2n) is 4.28. The SMILES string of the molecule is CC[SiH]1O[SiH2]O[SiH2]O1.Cl[C@H]1[C@H](Cl)[C@@H](Cl)[C@@H](Cl)[C@H](Cl)[C@H]1Cl. The maximum absolute atomic E-state index is 5.88. The van der Waals surface area contributed by atoms with E-state index < -0.39 is 61.6 Å². The van der Waals surface area contributed by atoms with E-state index >= 15 is 0 Å². The zero-order chi connectivity index (χ0) is 15.3. The molecule has 120 valence electrons. The third-order valence-corrected chi connectivity index (χ3v) is 12.9. The summed E-state index contributed by atoms with van der Waals surface area (Å²) in [6.07, 6.45) is 0. The van der Waals surface area contributed by atoms with Crippen LogP contribution in [0.2, 0.25) is 6.04 Å². The van der Waals surface area contributed by atoms with Crippen molar-refractivity contribution >= 4 is 98.9 Å². The van der Waals surface area contributed by atoms with Gasteiger partial charge in [-0.1, -0.05) is 6.92 Å². The zero-order valence-corrected chi connectivity index (χ0v) is 19.2. The van der Waals surface area contributed by atoms with Crippen LogP contribution >= 0.6 is 69.6 Å². The van der Waals surface area contributed by atoms with Crippen molar-refractivity contribution in [3.63, 3.8) is 0 Å². The highest BCUT2D eigenvalue weighted by atomic mass is 35.5. The Morgan fingerprint density at radius 1 is 0.750 bits per heavy atom. The van der Waals surface area contributed by atoms with Gasteiger partial charge in [-0.3, -0.25) is 0 Å². The molecule has 1 heterocycles. The van der Waals surface area contributed by atoms with Crippen molar-refractivity contribution < 1.29 is 12.3 Å². The number of halogens is 6. The summed E-state index contributed by atoms with van der Waals surface area (Å²) in [5.41, 5.74) is 0. The van der Waals surface area contributed by atoms with Crippen LogP contribution in [0, 0.1) is 0 Å². The predicted molar refractivity (Wildman–Crippen MR) is 95.8 cm³/mol. The molecule has 2 rings (SSSR count). The van der Waals surface area contributed by atoms with Crippen molar-refractivity contribution in [1.29, 1.82) is 0 Å². The van der Waals surface area contributed by atoms with Gasteiger partial charge in [0, 0.05) is 0 Å². The average Bonchev–Trinajstić information content (AvgIpc) is 2.50. The van der Waals surface area contributed by atoms with E-state index in [0.29, 0.717) is 0 Å². The topological polar surface area (TPSA) is 27.7 Å². The maximum Gasteiger partial charge on any atom is 0.302 e. The van der Waals surface area contributed by atoms with Crippen molar-refractivity contribution in [2.45, 2.75) is 45.2 Å². The van der Waals surface area contributed by atoms with Gasteiger partial charge in [0.2, 0.25) is 0 Å². The van der Waals surface area contributed by atoms with Crippen LogP contribution in [0.15, 0.2) is 0 Å². The van der Waals surface area contributed by atoms with Crippen LogP contribution in [-0.2, 0) is 12.3 Å². The molecule has 0 unspecified atom stereocenters. The van der Waals surface area contributed by atoms with Gasteiger partial charge in [-0.2, -0.15) is 0 Å². The van der Waals surface area contributed by atoms with Crippen LogP contribution in [0.3, 0.4) is 0 Å². The molecule has 1 saturated carbocycles. The highest BCUT2D eigenvalue weighted by molar-refractivity contribution is 6.61. The molecule has 2 aliphatic rings. The molecular formula is C8H16Cl6O3Si3. The molecule has 0 atom stereocenters. The minimum absolute atomic E-state index is 0.437. The lowest BCUT2D eigenvalue weighted by atomic mass is 9.97. The van der Waals surface area contributed by atoms with Gasteiger partial charge >= 0.3 is 9.28 Å². The van der Waals surface area contributed by atoms with E-state index in [9.17, 15) is 0 Å². The van der Waals surface area contributed by atoms with Crippen molar-refractivity contribution in [1.82, 2.24) is 0 Å². The standard InChI is InChI=1S/C6H6Cl6.C2H10O3Si3/c7-1-2(8)4(10)6(12)5(11)3(1)9;1-2-8-4-6-3-7-5-8/h1-6H;8H,2,6-7H2,1H3/t1-,2-,3-,4+,5+,6+;. The molecule has 1 aliphatic carbocycles. The molecule has 12 heteroatoms. The summed E-state index contributed by atoms with van der Waals surface area (Å²) < 4.78 is 15.7. The molecule has 0 aromatic carbocycles. The molecule has 3 nitrogen and oxygen atoms in total. The van der Waals surface area contributed by atoms with Gasteiger partial charge in [0.1, 0.15) is 0 Å². The monoisotopic (exact) mass is 454 g/mol. The average molecular weight is 457 g/mol. The lowest BCUT2D eigenvalue weighted by Gasteiger charge is -2.37. The Morgan fingerprint density at radius 3 is 1.25 bits per heavy atom. The van der Waals surface area contributed by atoms with E-state index in [1.54, 1.807) is 0 Å². The Kier molecular flexibility index (Phi) is 10.4. The molecule has 0 spiro atoms. The lowest BCUT2D eigenvalue weighted by Crippen LogP contribution is -2.52. The first-order valence-electron chi connectivity index (χ1n) is 6.05. The van der Waals surface area contributed by atoms with Gasteiger partial charge in [-0.05, 0) is 6.04 Å². The first-order valence-corrected chi connectivity index (χ1v) is 12.7. The normalized spacial score (nSPS) is 47.9. The molecule has 0 N–H and O–H groups in total. The zero-order valence-electron chi connectivity index (χ0n) is 10.7. The Hall–Kier alpha value is 2.27. The minimum atomic E-state index is -1.11. The summed E-state index contributed by atoms with van der Waals surface area (Å²) >= 11 is 35.3. The van der Waals surface area contributed by atoms with Gasteiger partial charge in [0.25, 0.3) is 20.0 Å². The third-order valence-electron chi connectivity index (χ3n) is 2.83. The highest BCUT2D eigenvalue weighted by Crippen LogP contribution is 2.39. The van der Waals surface area contributed by atoms with Crippen LogP contribution in [0.4, 0.5) is 0 Å². The molecule has 0 bridgehead atoms. The summed E-state index contributed by atoms with van der Waals surface area (Å²) in [6.45, 7) is 2.12. The first-order chi connectivity index (χ1) is 9.40. The molecule has 2 fully saturated rings. The van der Waals surface area contributed by atoms with E-state index in [1.165, 1.54) is 0 Å². The fourth-order valence-corrected chi connectivity index (χ4v) is 11.1. The molecule has 0 radical (unpaired) electrons. The van der Waals surface area contributed by atoms with Gasteiger partial charge in [0.15, 0.2) is 0 Å². The van der Waals surface area contributed by atoms with Crippen molar-refractivity contribution in [3.05, 3.63) is 0 Å². The van der Waals surface area contributed by atoms with Crippen LogP contribution < -0.4 is 0 Å². The van der Waals surface area contributed by atoms with E-state index in [4.69, 9.17) is 82.0 Å². The van der Waals surface area contributed by atoms with Crippen molar-refractivity contribution in [2.75, 3.05) is 0 Å². The minimum Gasteiger partial charge on any atom is -0.425 e. The van der Waals surface area contributed by atoms with E-state index in [0.717, 1.165) is 6.04 Å². The molecule has 1 aliphatic heterocycles. The largest absolute Gasteiger partial charge is 0.425 e. The van der Waals surface area contributed by atoms with Gasteiger partial charge in [-0.25, -0.2) is 0 Å². The quantitative estimate of drug-likeness (QED) is 0.445. The van der Waals surface area contributed by atoms with Crippen molar-refractivity contribution in [3.8, 4) is 0 Å². The van der Waals surface area contributed by atoms with E-state index in [2.05, 4.69) is 6.92 Å². The molecule has 0 aromatic rings. The highest BCUT2D eigenvalue weighted by Gasteiger charge is 2.46. The van der Waals surface area contributed by atoms with E-state index in [-0.39, 0.29) is 0 Å². The van der Waals surface area contributed by atoms with Crippen LogP contribution in [0.1, 0.15) is 6.92 Å². The fourth-order valence-electron chi connectivity index (χ4n) is 1.62. The summed E-state index contributed by atoms with van der Waals surface area (Å²) in [7, 11) is -2.21. The number of hydrogen-bond acceptors (Lipinski definition) is 3. The van der Waals surface area contributed by atoms with Gasteiger partial charge in [-0.15, -0.1) is 69.6 Å². The first kappa shape index (κ1) is 20.3. The molecular weight excluding hydrogens is 441 g/mol. The van der Waals surface area contributed by atoms with Crippen molar-refractivity contribution in [2.24, 2.45) is 0 Å². The summed E-state index contributed by atoms with van der Waals surface area (Å²) in [6, 6.07) is 1.10. The maximum atomic E-state index is 5.88. The smallest absolute Gasteiger partial charge is 0.302 e. The number of hydrogen-bond donors (Lipinski definition) is 0. The van der Waals surface area contributed by atoms with Crippen LogP contribution in [0.5, 0.6) is 0 Å². The molecule has 0 aromatic heterocycles. The Bertz CT molecular complexity index is 230. The van der Waals surface area contributed by atoms with E-state index in [1.807, 2.05) is 0 Å². The molecule has 20 heavy (non-hydrogen) atoms.